The van der Waals surface area contributed by atoms with E-state index in [-0.39, 0.29) is 29.3 Å². The van der Waals surface area contributed by atoms with Gasteiger partial charge in [-0.2, -0.15) is 0 Å². The maximum absolute atomic E-state index is 14.0. The van der Waals surface area contributed by atoms with E-state index in [1.165, 1.54) is 22.6 Å². The molecule has 12 heteroatoms. The van der Waals surface area contributed by atoms with Gasteiger partial charge in [-0.3, -0.25) is 20.0 Å². The molecule has 0 aliphatic heterocycles. The summed E-state index contributed by atoms with van der Waals surface area (Å²) in [6.45, 7) is 2.96. The molecule has 36 heavy (non-hydrogen) atoms. The van der Waals surface area contributed by atoms with Crippen LogP contribution in [0, 0.1) is 25.5 Å². The minimum atomic E-state index is -4.81. The van der Waals surface area contributed by atoms with E-state index in [1.807, 2.05) is 0 Å². The number of carbonyl (C=O) groups is 1. The number of fused-ring (bicyclic) bond motifs is 1. The molecule has 0 bridgehead atoms. The zero-order chi connectivity index (χ0) is 26.0. The van der Waals surface area contributed by atoms with Gasteiger partial charge in [-0.15, -0.1) is 13.2 Å². The van der Waals surface area contributed by atoms with Crippen LogP contribution in [0.2, 0.25) is 0 Å². The molecule has 7 nitrogen and oxygen atoms in total. The molecule has 0 saturated heterocycles. The molecule has 0 unspecified atom stereocenters. The lowest BCUT2D eigenvalue weighted by molar-refractivity contribution is -0.274. The lowest BCUT2D eigenvalue weighted by Crippen LogP contribution is -2.30. The first-order valence-corrected chi connectivity index (χ1v) is 10.5. The van der Waals surface area contributed by atoms with E-state index in [0.717, 1.165) is 24.3 Å². The number of hydrogen-bond acceptors (Lipinski definition) is 5. The number of nitrogens with one attached hydrogen (secondary N) is 2. The number of halogens is 5. The van der Waals surface area contributed by atoms with Crippen LogP contribution in [0.5, 0.6) is 11.5 Å². The molecule has 0 aliphatic rings. The van der Waals surface area contributed by atoms with Gasteiger partial charge in [-0.1, -0.05) is 6.07 Å². The highest BCUT2D eigenvalue weighted by Gasteiger charge is 2.31. The highest BCUT2D eigenvalue weighted by Crippen LogP contribution is 2.26. The third-order valence-corrected chi connectivity index (χ3v) is 5.05. The fraction of sp³-hybridized carbons (Fsp3) is 0.167. The summed E-state index contributed by atoms with van der Waals surface area (Å²) < 4.78 is 75.8. The molecule has 0 atom stereocenters. The Morgan fingerprint density at radius 1 is 1.06 bits per heavy atom. The molecule has 0 saturated carbocycles. The van der Waals surface area contributed by atoms with Gasteiger partial charge < -0.3 is 9.47 Å². The van der Waals surface area contributed by atoms with E-state index in [1.54, 1.807) is 26.1 Å². The molecule has 0 spiro atoms. The van der Waals surface area contributed by atoms with Gasteiger partial charge in [0.15, 0.2) is 11.4 Å². The van der Waals surface area contributed by atoms with Crippen LogP contribution in [0.25, 0.3) is 5.65 Å². The Morgan fingerprint density at radius 2 is 1.72 bits per heavy atom. The molecule has 4 aromatic rings. The first kappa shape index (κ1) is 24.8. The largest absolute Gasteiger partial charge is 0.573 e. The molecule has 2 N–H and O–H groups in total. The number of hydrazine groups is 1. The van der Waals surface area contributed by atoms with Crippen molar-refractivity contribution in [2.24, 2.45) is 0 Å². The van der Waals surface area contributed by atoms with Crippen molar-refractivity contribution in [2.75, 3.05) is 5.43 Å². The van der Waals surface area contributed by atoms with Crippen molar-refractivity contribution < 1.29 is 36.2 Å². The molecule has 188 valence electrons. The molecule has 0 fully saturated rings. The van der Waals surface area contributed by atoms with E-state index >= 15 is 0 Å². The smallest absolute Gasteiger partial charge is 0.485 e. The summed E-state index contributed by atoms with van der Waals surface area (Å²) in [5.41, 5.74) is 6.57. The number of hydrogen-bond donors (Lipinski definition) is 2. The Labute approximate surface area is 201 Å². The molecule has 4 rings (SSSR count). The summed E-state index contributed by atoms with van der Waals surface area (Å²) in [6, 6.07) is 9.89. The zero-order valence-electron chi connectivity index (χ0n) is 18.9. The summed E-state index contributed by atoms with van der Waals surface area (Å²) >= 11 is 0. The van der Waals surface area contributed by atoms with Crippen molar-refractivity contribution in [2.45, 2.75) is 26.8 Å². The summed E-state index contributed by atoms with van der Waals surface area (Å²) in [5, 5.41) is 0. The van der Waals surface area contributed by atoms with Crippen LogP contribution >= 0.6 is 0 Å². The van der Waals surface area contributed by atoms with E-state index in [4.69, 9.17) is 4.74 Å². The van der Waals surface area contributed by atoms with Crippen molar-refractivity contribution in [3.63, 3.8) is 0 Å². The zero-order valence-corrected chi connectivity index (χ0v) is 18.9. The fourth-order valence-corrected chi connectivity index (χ4v) is 3.49. The van der Waals surface area contributed by atoms with Gasteiger partial charge in [0.05, 0.1) is 16.9 Å². The molecule has 2 aromatic carbocycles. The maximum atomic E-state index is 14.0. The Hall–Kier alpha value is -4.35. The molecule has 0 aliphatic carbocycles. The summed E-state index contributed by atoms with van der Waals surface area (Å²) in [4.78, 5) is 17.3. The number of anilines is 1. The van der Waals surface area contributed by atoms with Gasteiger partial charge in [0.2, 0.25) is 0 Å². The second kappa shape index (κ2) is 9.72. The van der Waals surface area contributed by atoms with E-state index < -0.39 is 29.7 Å². The number of benzene rings is 2. The van der Waals surface area contributed by atoms with Gasteiger partial charge in [0.25, 0.3) is 5.91 Å². The van der Waals surface area contributed by atoms with Crippen molar-refractivity contribution in [1.82, 2.24) is 14.8 Å². The maximum Gasteiger partial charge on any atom is 0.573 e. The van der Waals surface area contributed by atoms with Gasteiger partial charge in [-0.05, 0) is 61.9 Å². The lowest BCUT2D eigenvalue weighted by atomic mass is 10.2. The van der Waals surface area contributed by atoms with Gasteiger partial charge in [0, 0.05) is 6.20 Å². The van der Waals surface area contributed by atoms with Crippen LogP contribution in [0.1, 0.15) is 27.3 Å². The topological polar surface area (TPSA) is 76.9 Å². The average molecular weight is 506 g/mol. The number of rotatable bonds is 7. The van der Waals surface area contributed by atoms with Crippen LogP contribution < -0.4 is 20.3 Å². The number of aryl methyl sites for hydroxylation is 2. The summed E-state index contributed by atoms with van der Waals surface area (Å²) in [7, 11) is 0. The number of alkyl halides is 3. The number of ether oxygens (including phenoxy) is 2. The van der Waals surface area contributed by atoms with Crippen molar-refractivity contribution in [1.29, 1.82) is 0 Å². The molecule has 1 amide bonds. The van der Waals surface area contributed by atoms with Crippen LogP contribution in [0.3, 0.4) is 0 Å². The third-order valence-electron chi connectivity index (χ3n) is 5.05. The number of nitrogens with zero attached hydrogens (tertiary/aromatic N) is 2. The molecule has 0 radical (unpaired) electrons. The predicted octanol–water partition coefficient (Wildman–Crippen LogP) is 5.46. The summed E-state index contributed by atoms with van der Waals surface area (Å²) in [5.74, 6) is -2.28. The fourth-order valence-electron chi connectivity index (χ4n) is 3.49. The first-order valence-electron chi connectivity index (χ1n) is 10.5. The highest BCUT2D eigenvalue weighted by atomic mass is 19.4. The molecule has 2 heterocycles. The van der Waals surface area contributed by atoms with Crippen molar-refractivity contribution in [3.05, 3.63) is 88.9 Å². The number of carbonyl (C=O) groups excluding carboxylic acids is 1. The SMILES string of the molecule is Cc1cc(OCc2c(F)cccc2F)c2nc(C)c(C(=O)NNc3ccc(OC(F)(F)F)cc3)n2c1. The molecular formula is C24H19F5N4O3. The van der Waals surface area contributed by atoms with E-state index in [2.05, 4.69) is 20.6 Å². The Kier molecular flexibility index (Phi) is 6.69. The summed E-state index contributed by atoms with van der Waals surface area (Å²) in [6.07, 6.45) is -3.17. The Balaban J connectivity index is 1.53. The predicted molar refractivity (Wildman–Crippen MR) is 120 cm³/mol. The van der Waals surface area contributed by atoms with Crippen molar-refractivity contribution >= 4 is 17.2 Å². The molecule has 2 aromatic heterocycles. The Morgan fingerprint density at radius 3 is 2.36 bits per heavy atom. The number of aromatic nitrogens is 2. The number of amides is 1. The molecular weight excluding hydrogens is 487 g/mol. The van der Waals surface area contributed by atoms with E-state index in [0.29, 0.717) is 16.9 Å². The van der Waals surface area contributed by atoms with E-state index in [9.17, 15) is 26.7 Å². The van der Waals surface area contributed by atoms with Crippen molar-refractivity contribution in [3.8, 4) is 11.5 Å². The van der Waals surface area contributed by atoms with Gasteiger partial charge in [-0.25, -0.2) is 13.8 Å². The number of pyridine rings is 1. The second-order valence-corrected chi connectivity index (χ2v) is 7.76. The van der Waals surface area contributed by atoms with Crippen LogP contribution in [0.4, 0.5) is 27.6 Å². The minimum Gasteiger partial charge on any atom is -0.485 e. The quantitative estimate of drug-likeness (QED) is 0.257. The van der Waals surface area contributed by atoms with Crippen LogP contribution in [0.15, 0.2) is 54.7 Å². The van der Waals surface area contributed by atoms with Crippen LogP contribution in [-0.4, -0.2) is 21.7 Å². The third kappa shape index (κ3) is 5.48. The number of imidazole rings is 1. The average Bonchev–Trinajstić information content (AvgIpc) is 3.12. The standard InChI is InChI=1S/C24H19F5N4O3/c1-13-10-20(35-12-17-18(25)4-3-5-19(17)26)22-30-14(2)21(33(22)11-13)23(34)32-31-15-6-8-16(9-7-15)36-24(27,28)29/h3-11,31H,12H2,1-2H3,(H,32,34). The minimum absolute atomic E-state index is 0.153. The van der Waals surface area contributed by atoms with Crippen LogP contribution in [-0.2, 0) is 6.61 Å². The normalized spacial score (nSPS) is 11.4. The monoisotopic (exact) mass is 506 g/mol. The van der Waals surface area contributed by atoms with Gasteiger partial charge >= 0.3 is 6.36 Å². The first-order chi connectivity index (χ1) is 17.0. The van der Waals surface area contributed by atoms with Gasteiger partial charge in [0.1, 0.15) is 29.7 Å². The highest BCUT2D eigenvalue weighted by molar-refractivity contribution is 5.95. The second-order valence-electron chi connectivity index (χ2n) is 7.76. The lowest BCUT2D eigenvalue weighted by Gasteiger charge is -2.12. The Bertz CT molecular complexity index is 1400.